The first-order chi connectivity index (χ1) is 9.10. The summed E-state index contributed by atoms with van der Waals surface area (Å²) in [7, 11) is 1.60. The average Bonchev–Trinajstić information content (AvgIpc) is 2.41. The number of ether oxygens (including phenoxy) is 2. The molecule has 0 unspecified atom stereocenters. The highest BCUT2D eigenvalue weighted by Crippen LogP contribution is 2.29. The molecule has 0 aromatic heterocycles. The molecular formula is C14H11BrClFO2. The van der Waals surface area contributed by atoms with Gasteiger partial charge in [0.1, 0.15) is 23.9 Å². The first-order valence-electron chi connectivity index (χ1n) is 5.50. The fourth-order valence-electron chi connectivity index (χ4n) is 1.52. The van der Waals surface area contributed by atoms with Crippen molar-refractivity contribution in [2.45, 2.75) is 6.61 Å². The first-order valence-corrected chi connectivity index (χ1v) is 6.67. The van der Waals surface area contributed by atoms with E-state index in [0.717, 1.165) is 10.2 Å². The molecule has 0 aliphatic carbocycles. The van der Waals surface area contributed by atoms with Crippen molar-refractivity contribution in [3.05, 3.63) is 57.3 Å². The predicted molar refractivity (Wildman–Crippen MR) is 76.4 cm³/mol. The summed E-state index contributed by atoms with van der Waals surface area (Å²) in [5.74, 6) is 0.949. The topological polar surface area (TPSA) is 18.5 Å². The number of hydrogen-bond donors (Lipinski definition) is 0. The van der Waals surface area contributed by atoms with Crippen LogP contribution in [0.25, 0.3) is 0 Å². The molecule has 0 bridgehead atoms. The van der Waals surface area contributed by atoms with Crippen LogP contribution < -0.4 is 9.47 Å². The van der Waals surface area contributed by atoms with Crippen molar-refractivity contribution in [3.8, 4) is 11.5 Å². The molecule has 5 heteroatoms. The van der Waals surface area contributed by atoms with Gasteiger partial charge in [0.25, 0.3) is 0 Å². The van der Waals surface area contributed by atoms with Gasteiger partial charge in [0.05, 0.1) is 16.6 Å². The van der Waals surface area contributed by atoms with Gasteiger partial charge in [-0.15, -0.1) is 0 Å². The van der Waals surface area contributed by atoms with Crippen LogP contribution in [-0.4, -0.2) is 7.11 Å². The Hall–Kier alpha value is -1.26. The minimum absolute atomic E-state index is 0.106. The Morgan fingerprint density at radius 2 is 2.00 bits per heavy atom. The highest BCUT2D eigenvalue weighted by molar-refractivity contribution is 9.10. The van der Waals surface area contributed by atoms with Crippen LogP contribution in [0.15, 0.2) is 40.9 Å². The van der Waals surface area contributed by atoms with Crippen LogP contribution in [0.4, 0.5) is 4.39 Å². The van der Waals surface area contributed by atoms with Gasteiger partial charge in [0.15, 0.2) is 0 Å². The molecule has 2 nitrogen and oxygen atoms in total. The molecule has 0 fully saturated rings. The number of hydrogen-bond acceptors (Lipinski definition) is 2. The zero-order chi connectivity index (χ0) is 13.8. The van der Waals surface area contributed by atoms with Gasteiger partial charge in [-0.2, -0.15) is 0 Å². The zero-order valence-electron chi connectivity index (χ0n) is 10.1. The van der Waals surface area contributed by atoms with E-state index in [1.54, 1.807) is 31.4 Å². The fourth-order valence-corrected chi connectivity index (χ4v) is 2.11. The van der Waals surface area contributed by atoms with E-state index in [2.05, 4.69) is 15.9 Å². The van der Waals surface area contributed by atoms with Gasteiger partial charge >= 0.3 is 0 Å². The summed E-state index contributed by atoms with van der Waals surface area (Å²) >= 11 is 9.01. The minimum Gasteiger partial charge on any atom is -0.497 e. The molecule has 0 aliphatic heterocycles. The van der Waals surface area contributed by atoms with Crippen molar-refractivity contribution in [2.24, 2.45) is 0 Å². The number of methoxy groups -OCH3 is 1. The van der Waals surface area contributed by atoms with Gasteiger partial charge in [-0.25, -0.2) is 4.39 Å². The molecule has 0 amide bonds. The highest BCUT2D eigenvalue weighted by atomic mass is 79.9. The third-order valence-electron chi connectivity index (χ3n) is 2.52. The molecule has 0 saturated heterocycles. The van der Waals surface area contributed by atoms with E-state index in [0.29, 0.717) is 11.3 Å². The van der Waals surface area contributed by atoms with Crippen molar-refractivity contribution >= 4 is 27.5 Å². The van der Waals surface area contributed by atoms with E-state index in [1.807, 2.05) is 0 Å². The van der Waals surface area contributed by atoms with Gasteiger partial charge < -0.3 is 9.47 Å². The lowest BCUT2D eigenvalue weighted by Crippen LogP contribution is -1.97. The standard InChI is InChI=1S/C14H11BrClFO2/c1-18-10-3-5-14(11(15)7-10)19-8-9-2-4-12(16)13(17)6-9/h2-7H,8H2,1H3. The Morgan fingerprint density at radius 1 is 1.21 bits per heavy atom. The van der Waals surface area contributed by atoms with Crippen LogP contribution in [0.5, 0.6) is 11.5 Å². The van der Waals surface area contributed by atoms with E-state index in [9.17, 15) is 4.39 Å². The summed E-state index contributed by atoms with van der Waals surface area (Å²) in [5.41, 5.74) is 0.713. The average molecular weight is 346 g/mol. The number of benzene rings is 2. The molecule has 2 rings (SSSR count). The van der Waals surface area contributed by atoms with Crippen molar-refractivity contribution in [3.63, 3.8) is 0 Å². The van der Waals surface area contributed by atoms with E-state index in [-0.39, 0.29) is 11.6 Å². The molecule has 0 saturated carbocycles. The fraction of sp³-hybridized carbons (Fsp3) is 0.143. The smallest absolute Gasteiger partial charge is 0.142 e. The largest absolute Gasteiger partial charge is 0.497 e. The van der Waals surface area contributed by atoms with Crippen molar-refractivity contribution in [1.29, 1.82) is 0 Å². The highest BCUT2D eigenvalue weighted by Gasteiger charge is 2.05. The van der Waals surface area contributed by atoms with Crippen molar-refractivity contribution < 1.29 is 13.9 Å². The van der Waals surface area contributed by atoms with E-state index >= 15 is 0 Å². The molecule has 0 N–H and O–H groups in total. The van der Waals surface area contributed by atoms with E-state index in [1.165, 1.54) is 12.1 Å². The lowest BCUT2D eigenvalue weighted by Gasteiger charge is -2.10. The molecule has 0 spiro atoms. The summed E-state index contributed by atoms with van der Waals surface area (Å²) in [4.78, 5) is 0. The van der Waals surface area contributed by atoms with Crippen LogP contribution in [0.1, 0.15) is 5.56 Å². The molecule has 2 aromatic rings. The first kappa shape index (κ1) is 14.2. The quantitative estimate of drug-likeness (QED) is 0.790. The molecule has 0 radical (unpaired) electrons. The lowest BCUT2D eigenvalue weighted by atomic mass is 10.2. The Labute approximate surface area is 124 Å². The third-order valence-corrected chi connectivity index (χ3v) is 3.44. The molecular weight excluding hydrogens is 335 g/mol. The third kappa shape index (κ3) is 3.61. The summed E-state index contributed by atoms with van der Waals surface area (Å²) in [5, 5.41) is 0.106. The summed E-state index contributed by atoms with van der Waals surface area (Å²) in [6.45, 7) is 0.263. The minimum atomic E-state index is -0.448. The van der Waals surface area contributed by atoms with Gasteiger partial charge in [0, 0.05) is 0 Å². The Balaban J connectivity index is 2.07. The normalized spacial score (nSPS) is 10.3. The molecule has 2 aromatic carbocycles. The monoisotopic (exact) mass is 344 g/mol. The van der Waals surface area contributed by atoms with Crippen LogP contribution in [-0.2, 0) is 6.61 Å². The second-order valence-electron chi connectivity index (χ2n) is 3.83. The number of halogens is 3. The predicted octanol–water partition coefficient (Wildman–Crippen LogP) is 4.83. The summed E-state index contributed by atoms with van der Waals surface area (Å²) < 4.78 is 24.7. The molecule has 0 aliphatic rings. The maximum absolute atomic E-state index is 13.3. The molecule has 19 heavy (non-hydrogen) atoms. The van der Waals surface area contributed by atoms with E-state index < -0.39 is 5.82 Å². The molecule has 0 atom stereocenters. The second kappa shape index (κ2) is 6.26. The number of rotatable bonds is 4. The van der Waals surface area contributed by atoms with Crippen LogP contribution in [0.2, 0.25) is 5.02 Å². The van der Waals surface area contributed by atoms with Crippen LogP contribution >= 0.6 is 27.5 Å². The van der Waals surface area contributed by atoms with Gasteiger partial charge in [-0.1, -0.05) is 17.7 Å². The summed E-state index contributed by atoms with van der Waals surface area (Å²) in [6.07, 6.45) is 0. The van der Waals surface area contributed by atoms with Gasteiger partial charge in [0.2, 0.25) is 0 Å². The second-order valence-corrected chi connectivity index (χ2v) is 5.10. The van der Waals surface area contributed by atoms with Crippen molar-refractivity contribution in [2.75, 3.05) is 7.11 Å². The maximum Gasteiger partial charge on any atom is 0.142 e. The molecule has 100 valence electrons. The SMILES string of the molecule is COc1ccc(OCc2ccc(Cl)c(F)c2)c(Br)c1. The summed E-state index contributed by atoms with van der Waals surface area (Å²) in [6, 6.07) is 9.98. The maximum atomic E-state index is 13.3. The Kier molecular flexibility index (Phi) is 4.66. The van der Waals surface area contributed by atoms with Crippen LogP contribution in [0, 0.1) is 5.82 Å². The zero-order valence-corrected chi connectivity index (χ0v) is 12.5. The van der Waals surface area contributed by atoms with Crippen LogP contribution in [0.3, 0.4) is 0 Å². The molecule has 0 heterocycles. The van der Waals surface area contributed by atoms with Gasteiger partial charge in [-0.05, 0) is 51.8 Å². The Morgan fingerprint density at radius 3 is 2.63 bits per heavy atom. The Bertz CT molecular complexity index is 590. The van der Waals surface area contributed by atoms with Crippen molar-refractivity contribution in [1.82, 2.24) is 0 Å². The van der Waals surface area contributed by atoms with E-state index in [4.69, 9.17) is 21.1 Å². The van der Waals surface area contributed by atoms with Gasteiger partial charge in [-0.3, -0.25) is 0 Å². The lowest BCUT2D eigenvalue weighted by molar-refractivity contribution is 0.303.